The van der Waals surface area contributed by atoms with Gasteiger partial charge in [0, 0.05) is 42.7 Å². The van der Waals surface area contributed by atoms with Crippen LogP contribution in [-0.4, -0.2) is 29.2 Å². The van der Waals surface area contributed by atoms with E-state index >= 15 is 0 Å². The van der Waals surface area contributed by atoms with Crippen LogP contribution in [-0.2, 0) is 9.59 Å². The first-order valence-electron chi connectivity index (χ1n) is 9.86. The van der Waals surface area contributed by atoms with Crippen molar-refractivity contribution in [3.63, 3.8) is 0 Å². The highest BCUT2D eigenvalue weighted by atomic mass is 32.1. The Morgan fingerprint density at radius 3 is 2.84 bits per heavy atom. The Labute approximate surface area is 187 Å². The quantitative estimate of drug-likeness (QED) is 0.514. The molecule has 0 radical (unpaired) electrons. The Kier molecular flexibility index (Phi) is 6.43. The SMILES string of the molecule is CC(=O)NC1CCOc2ccc(-c3csc(NC(=O)CCC(=O)c4cccs4)n3)cc21. The van der Waals surface area contributed by atoms with Crippen molar-refractivity contribution in [1.29, 1.82) is 0 Å². The number of thiophene rings is 1. The van der Waals surface area contributed by atoms with Gasteiger partial charge in [-0.05, 0) is 29.6 Å². The molecule has 2 aromatic heterocycles. The molecule has 31 heavy (non-hydrogen) atoms. The maximum Gasteiger partial charge on any atom is 0.226 e. The minimum absolute atomic E-state index is 0.0324. The second kappa shape index (κ2) is 9.40. The Balaban J connectivity index is 1.41. The summed E-state index contributed by atoms with van der Waals surface area (Å²) in [4.78, 5) is 41.0. The van der Waals surface area contributed by atoms with E-state index in [2.05, 4.69) is 15.6 Å². The predicted molar refractivity (Wildman–Crippen MR) is 121 cm³/mol. The number of nitrogens with one attached hydrogen (secondary N) is 2. The third kappa shape index (κ3) is 5.18. The van der Waals surface area contributed by atoms with Gasteiger partial charge in [0.2, 0.25) is 11.8 Å². The predicted octanol–water partition coefficient (Wildman–Crippen LogP) is 4.43. The molecule has 2 N–H and O–H groups in total. The van der Waals surface area contributed by atoms with Crippen LogP contribution in [0, 0.1) is 0 Å². The van der Waals surface area contributed by atoms with Crippen LogP contribution in [0.15, 0.2) is 41.1 Å². The summed E-state index contributed by atoms with van der Waals surface area (Å²) in [5.74, 6) is 0.401. The Bertz CT molecular complexity index is 1110. The van der Waals surface area contributed by atoms with Crippen LogP contribution in [0.5, 0.6) is 5.75 Å². The van der Waals surface area contributed by atoms with Gasteiger partial charge in [-0.3, -0.25) is 14.4 Å². The molecule has 2 amide bonds. The molecule has 1 atom stereocenters. The first-order chi connectivity index (χ1) is 15.0. The average Bonchev–Trinajstić information content (AvgIpc) is 3.44. The van der Waals surface area contributed by atoms with Crippen molar-refractivity contribution in [1.82, 2.24) is 10.3 Å². The number of Topliss-reactive ketones (excluding diaryl/α,β-unsaturated/α-hetero) is 1. The fourth-order valence-corrected chi connectivity index (χ4v) is 4.81. The van der Waals surface area contributed by atoms with Crippen LogP contribution in [0.4, 0.5) is 5.13 Å². The summed E-state index contributed by atoms with van der Waals surface area (Å²) < 4.78 is 5.70. The third-order valence-electron chi connectivity index (χ3n) is 4.85. The van der Waals surface area contributed by atoms with Gasteiger partial charge in [0.05, 0.1) is 23.2 Å². The summed E-state index contributed by atoms with van der Waals surface area (Å²) in [5, 5.41) is 9.92. The molecule has 160 valence electrons. The molecule has 7 nitrogen and oxygen atoms in total. The zero-order chi connectivity index (χ0) is 21.8. The molecular weight excluding hydrogens is 434 g/mol. The highest BCUT2D eigenvalue weighted by molar-refractivity contribution is 7.14. The average molecular weight is 456 g/mol. The number of amides is 2. The molecule has 3 heterocycles. The number of hydrogen-bond donors (Lipinski definition) is 2. The number of fused-ring (bicyclic) bond motifs is 1. The number of aromatic nitrogens is 1. The molecule has 0 spiro atoms. The second-order valence-electron chi connectivity index (χ2n) is 7.13. The van der Waals surface area contributed by atoms with Crippen LogP contribution in [0.1, 0.15) is 47.5 Å². The molecule has 1 aliphatic rings. The van der Waals surface area contributed by atoms with Crippen molar-refractivity contribution in [3.05, 3.63) is 51.5 Å². The van der Waals surface area contributed by atoms with E-state index in [0.29, 0.717) is 23.0 Å². The molecule has 1 unspecified atom stereocenters. The standard InChI is InChI=1S/C22H21N3O4S2/c1-13(26)23-16-8-9-29-19-6-4-14(11-15(16)19)17-12-31-22(24-17)25-21(28)7-5-18(27)20-3-2-10-30-20/h2-4,6,10-12,16H,5,7-9H2,1H3,(H,23,26)(H,24,25,28). The lowest BCUT2D eigenvalue weighted by Crippen LogP contribution is -2.30. The van der Waals surface area contributed by atoms with Gasteiger partial charge in [0.15, 0.2) is 10.9 Å². The Morgan fingerprint density at radius 1 is 1.19 bits per heavy atom. The number of carbonyl (C=O) groups is 3. The number of rotatable bonds is 7. The number of thiazole rings is 1. The summed E-state index contributed by atoms with van der Waals surface area (Å²) in [6, 6.07) is 9.25. The summed E-state index contributed by atoms with van der Waals surface area (Å²) in [7, 11) is 0. The number of benzene rings is 1. The Hall–Kier alpha value is -3.04. The number of nitrogens with zero attached hydrogens (tertiary/aromatic N) is 1. The zero-order valence-electron chi connectivity index (χ0n) is 16.8. The minimum Gasteiger partial charge on any atom is -0.493 e. The van der Waals surface area contributed by atoms with Crippen molar-refractivity contribution in [2.45, 2.75) is 32.2 Å². The van der Waals surface area contributed by atoms with Crippen molar-refractivity contribution in [3.8, 4) is 17.0 Å². The van der Waals surface area contributed by atoms with E-state index in [-0.39, 0.29) is 36.5 Å². The molecule has 0 saturated heterocycles. The Morgan fingerprint density at radius 2 is 2.06 bits per heavy atom. The molecule has 0 fully saturated rings. The van der Waals surface area contributed by atoms with Crippen LogP contribution >= 0.6 is 22.7 Å². The van der Waals surface area contributed by atoms with Gasteiger partial charge in [-0.1, -0.05) is 6.07 Å². The van der Waals surface area contributed by atoms with E-state index < -0.39 is 0 Å². The van der Waals surface area contributed by atoms with Gasteiger partial charge >= 0.3 is 0 Å². The van der Waals surface area contributed by atoms with Crippen LogP contribution in [0.2, 0.25) is 0 Å². The van der Waals surface area contributed by atoms with Gasteiger partial charge in [0.25, 0.3) is 0 Å². The highest BCUT2D eigenvalue weighted by Crippen LogP contribution is 2.36. The summed E-state index contributed by atoms with van der Waals surface area (Å²) in [6.07, 6.45) is 0.985. The van der Waals surface area contributed by atoms with Crippen molar-refractivity contribution >= 4 is 45.4 Å². The van der Waals surface area contributed by atoms with Gasteiger partial charge < -0.3 is 15.4 Å². The smallest absolute Gasteiger partial charge is 0.226 e. The van der Waals surface area contributed by atoms with Gasteiger partial charge in [-0.2, -0.15) is 0 Å². The van der Waals surface area contributed by atoms with E-state index in [0.717, 1.165) is 22.6 Å². The first kappa shape index (κ1) is 21.2. The van der Waals surface area contributed by atoms with E-state index in [9.17, 15) is 14.4 Å². The lowest BCUT2D eigenvalue weighted by molar-refractivity contribution is -0.120. The molecule has 0 aliphatic carbocycles. The molecule has 1 aliphatic heterocycles. The fraction of sp³-hybridized carbons (Fsp3) is 0.273. The summed E-state index contributed by atoms with van der Waals surface area (Å²) in [6.45, 7) is 2.06. The number of carbonyl (C=O) groups excluding carboxylic acids is 3. The molecule has 1 aromatic carbocycles. The van der Waals surface area contributed by atoms with E-state index in [4.69, 9.17) is 4.74 Å². The molecule has 9 heteroatoms. The van der Waals surface area contributed by atoms with Crippen LogP contribution in [0.25, 0.3) is 11.3 Å². The van der Waals surface area contributed by atoms with E-state index in [1.165, 1.54) is 29.6 Å². The van der Waals surface area contributed by atoms with Crippen molar-refractivity contribution < 1.29 is 19.1 Å². The summed E-state index contributed by atoms with van der Waals surface area (Å²) in [5.41, 5.74) is 2.53. The third-order valence-corrected chi connectivity index (χ3v) is 6.52. The fourth-order valence-electron chi connectivity index (χ4n) is 3.38. The maximum absolute atomic E-state index is 12.2. The monoisotopic (exact) mass is 455 g/mol. The number of ketones is 1. The minimum atomic E-state index is -0.240. The van der Waals surface area contributed by atoms with Gasteiger partial charge in [-0.15, -0.1) is 22.7 Å². The lowest BCUT2D eigenvalue weighted by Gasteiger charge is -2.26. The van der Waals surface area contributed by atoms with Crippen LogP contribution < -0.4 is 15.4 Å². The number of hydrogen-bond acceptors (Lipinski definition) is 7. The van der Waals surface area contributed by atoms with E-state index in [1.807, 2.05) is 35.0 Å². The molecule has 0 bridgehead atoms. The largest absolute Gasteiger partial charge is 0.493 e. The van der Waals surface area contributed by atoms with Gasteiger partial charge in [0.1, 0.15) is 5.75 Å². The zero-order valence-corrected chi connectivity index (χ0v) is 18.5. The first-order valence-corrected chi connectivity index (χ1v) is 11.6. The highest BCUT2D eigenvalue weighted by Gasteiger charge is 2.23. The lowest BCUT2D eigenvalue weighted by atomic mass is 9.97. The van der Waals surface area contributed by atoms with Crippen molar-refractivity contribution in [2.24, 2.45) is 0 Å². The molecule has 0 saturated carbocycles. The van der Waals surface area contributed by atoms with Crippen LogP contribution in [0.3, 0.4) is 0 Å². The maximum atomic E-state index is 12.2. The number of ether oxygens (including phenoxy) is 1. The topological polar surface area (TPSA) is 97.4 Å². The normalized spacial score (nSPS) is 14.9. The van der Waals surface area contributed by atoms with Gasteiger partial charge in [-0.25, -0.2) is 4.98 Å². The molecule has 3 aromatic rings. The number of anilines is 1. The second-order valence-corrected chi connectivity index (χ2v) is 8.94. The molecule has 4 rings (SSSR count). The van der Waals surface area contributed by atoms with Crippen molar-refractivity contribution in [2.75, 3.05) is 11.9 Å². The van der Waals surface area contributed by atoms with E-state index in [1.54, 1.807) is 6.07 Å². The molecular formula is C22H21N3O4S2. The summed E-state index contributed by atoms with van der Waals surface area (Å²) >= 11 is 2.70.